The lowest BCUT2D eigenvalue weighted by Gasteiger charge is -2.44. The SMILES string of the molecule is Nc1nc(/C(=N/OC2(C(=O)O)CCCC2)C(=O)N[C@@H]2C(=O)N(S(=O)(=O)O)[C@@H]2CNC(=O)NCc2cc(O)cc(=O)n2O)cs1. The van der Waals surface area contributed by atoms with Crippen molar-refractivity contribution in [1.82, 2.24) is 30.0 Å². The summed E-state index contributed by atoms with van der Waals surface area (Å²) < 4.78 is 33.4. The van der Waals surface area contributed by atoms with E-state index in [0.717, 1.165) is 23.5 Å². The number of aliphatic carboxylic acids is 1. The predicted octanol–water partition coefficient (Wildman–Crippen LogP) is -2.05. The molecule has 0 spiro atoms. The minimum atomic E-state index is -5.15. The van der Waals surface area contributed by atoms with Gasteiger partial charge in [-0.25, -0.2) is 18.9 Å². The first-order chi connectivity index (χ1) is 20.6. The van der Waals surface area contributed by atoms with Gasteiger partial charge < -0.3 is 41.9 Å². The van der Waals surface area contributed by atoms with Gasteiger partial charge in [0.15, 0.2) is 10.8 Å². The van der Waals surface area contributed by atoms with Crippen molar-refractivity contribution in [2.45, 2.75) is 49.9 Å². The molecule has 20 nitrogen and oxygen atoms in total. The molecule has 0 unspecified atom stereocenters. The number of hydrogen-bond donors (Lipinski definition) is 8. The van der Waals surface area contributed by atoms with Crippen molar-refractivity contribution < 1.29 is 52.4 Å². The molecule has 2 atom stereocenters. The molecule has 3 heterocycles. The maximum absolute atomic E-state index is 13.3. The van der Waals surface area contributed by atoms with Crippen LogP contribution in [0.3, 0.4) is 0 Å². The Morgan fingerprint density at radius 2 is 1.89 bits per heavy atom. The first-order valence-corrected chi connectivity index (χ1v) is 14.9. The van der Waals surface area contributed by atoms with Gasteiger partial charge in [-0.15, -0.1) is 11.3 Å². The summed E-state index contributed by atoms with van der Waals surface area (Å²) in [4.78, 5) is 71.0. The van der Waals surface area contributed by atoms with Gasteiger partial charge in [0.1, 0.15) is 17.5 Å². The van der Waals surface area contributed by atoms with Gasteiger partial charge in [0.2, 0.25) is 5.60 Å². The third-order valence-corrected chi connectivity index (χ3v) is 8.39. The van der Waals surface area contributed by atoms with Gasteiger partial charge in [0.25, 0.3) is 17.4 Å². The number of carbonyl (C=O) groups excluding carboxylic acids is 3. The van der Waals surface area contributed by atoms with E-state index in [-0.39, 0.29) is 38.4 Å². The fraction of sp³-hybridized carbons (Fsp3) is 0.409. The highest BCUT2D eigenvalue weighted by Crippen LogP contribution is 2.34. The number of oxime groups is 1. The molecule has 1 saturated heterocycles. The van der Waals surface area contributed by atoms with Crippen molar-refractivity contribution >= 4 is 56.3 Å². The molecule has 22 heteroatoms. The first-order valence-electron chi connectivity index (χ1n) is 12.6. The lowest BCUT2D eigenvalue weighted by molar-refractivity contribution is -0.165. The highest BCUT2D eigenvalue weighted by Gasteiger charge is 2.54. The lowest BCUT2D eigenvalue weighted by Crippen LogP contribution is -2.74. The number of urea groups is 1. The molecule has 2 aromatic rings. The average Bonchev–Trinajstić information content (AvgIpc) is 3.60. The molecule has 44 heavy (non-hydrogen) atoms. The quantitative estimate of drug-likeness (QED) is 0.0424. The van der Waals surface area contributed by atoms with Crippen LogP contribution < -0.4 is 27.2 Å². The molecular weight excluding hydrogens is 632 g/mol. The second kappa shape index (κ2) is 12.3. The number of nitrogens with two attached hydrogens (primary N) is 1. The van der Waals surface area contributed by atoms with Crippen LogP contribution in [-0.2, 0) is 36.1 Å². The topological polar surface area (TPSA) is 305 Å². The van der Waals surface area contributed by atoms with Crippen molar-refractivity contribution in [3.63, 3.8) is 0 Å². The molecular formula is C22H26N8O12S2. The molecule has 0 aromatic carbocycles. The molecule has 1 saturated carbocycles. The summed E-state index contributed by atoms with van der Waals surface area (Å²) in [7, 11) is -5.15. The number of β-lactam (4-membered cyclic amide) rings is 1. The lowest BCUT2D eigenvalue weighted by atomic mass is 9.98. The zero-order chi connectivity index (χ0) is 32.4. The second-order valence-electron chi connectivity index (χ2n) is 9.66. The van der Waals surface area contributed by atoms with E-state index in [1.807, 2.05) is 0 Å². The standard InChI is InChI=1S/C22H26N8O12S2/c23-20-26-12(9-43-20)15(28-42-22(19(35)36)3-1-2-4-22)17(33)27-16-13(30(18(16)34)44(39,40)41)8-25-21(37)24-7-10-5-11(31)6-14(32)29(10)38/h5-6,9,13,16,31,38H,1-4,7-8H2,(H2,23,26)(H,27,33)(H,35,36)(H2,24,25,37)(H,39,40,41)/b28-15-/t13-,16+/m1/s1. The van der Waals surface area contributed by atoms with Crippen LogP contribution in [0.4, 0.5) is 9.93 Å². The van der Waals surface area contributed by atoms with E-state index in [4.69, 9.17) is 10.6 Å². The smallest absolute Gasteiger partial charge is 0.362 e. The van der Waals surface area contributed by atoms with E-state index in [1.165, 1.54) is 5.38 Å². The van der Waals surface area contributed by atoms with E-state index in [2.05, 4.69) is 26.1 Å². The summed E-state index contributed by atoms with van der Waals surface area (Å²) in [5.41, 5.74) is 2.04. The maximum atomic E-state index is 13.3. The zero-order valence-electron chi connectivity index (χ0n) is 22.4. The van der Waals surface area contributed by atoms with Gasteiger partial charge in [0.05, 0.1) is 18.3 Å². The van der Waals surface area contributed by atoms with Crippen LogP contribution >= 0.6 is 11.3 Å². The van der Waals surface area contributed by atoms with Crippen molar-refractivity contribution in [2.24, 2.45) is 5.16 Å². The average molecular weight is 659 g/mol. The first kappa shape index (κ1) is 32.0. The highest BCUT2D eigenvalue weighted by molar-refractivity contribution is 7.84. The van der Waals surface area contributed by atoms with Gasteiger partial charge in [-0.2, -0.15) is 13.1 Å². The van der Waals surface area contributed by atoms with Crippen LogP contribution in [0.5, 0.6) is 5.75 Å². The Morgan fingerprint density at radius 3 is 2.48 bits per heavy atom. The molecule has 2 fully saturated rings. The predicted molar refractivity (Wildman–Crippen MR) is 147 cm³/mol. The molecule has 238 valence electrons. The van der Waals surface area contributed by atoms with Gasteiger partial charge in [-0.05, 0) is 12.8 Å². The number of nitrogen functional groups attached to an aromatic ring is 1. The zero-order valence-corrected chi connectivity index (χ0v) is 24.0. The van der Waals surface area contributed by atoms with Gasteiger partial charge >= 0.3 is 22.3 Å². The van der Waals surface area contributed by atoms with Crippen LogP contribution in [-0.4, -0.2) is 96.2 Å². The number of rotatable bonds is 11. The highest BCUT2D eigenvalue weighted by atomic mass is 32.2. The third-order valence-electron chi connectivity index (χ3n) is 6.77. The second-order valence-corrected chi connectivity index (χ2v) is 11.8. The van der Waals surface area contributed by atoms with Crippen LogP contribution in [0, 0.1) is 0 Å². The Kier molecular flexibility index (Phi) is 8.96. The minimum absolute atomic E-state index is 0.0172. The Hall–Kier alpha value is -4.96. The molecule has 0 radical (unpaired) electrons. The number of pyridine rings is 1. The number of carbonyl (C=O) groups is 4. The molecule has 1 aliphatic carbocycles. The van der Waals surface area contributed by atoms with Crippen LogP contribution in [0.1, 0.15) is 37.1 Å². The maximum Gasteiger partial charge on any atom is 0.362 e. The molecule has 9 N–H and O–H groups in total. The molecule has 1 aliphatic heterocycles. The monoisotopic (exact) mass is 658 g/mol. The minimum Gasteiger partial charge on any atom is -0.508 e. The Morgan fingerprint density at radius 1 is 1.20 bits per heavy atom. The number of nitrogens with zero attached hydrogens (tertiary/aromatic N) is 4. The summed E-state index contributed by atoms with van der Waals surface area (Å²) >= 11 is 0.917. The van der Waals surface area contributed by atoms with E-state index in [0.29, 0.717) is 12.8 Å². The Bertz CT molecular complexity index is 1680. The molecule has 0 bridgehead atoms. The summed E-state index contributed by atoms with van der Waals surface area (Å²) in [6.45, 7) is -1.13. The number of carboxylic acids is 1. The van der Waals surface area contributed by atoms with Crippen molar-refractivity contribution in [1.29, 1.82) is 0 Å². The fourth-order valence-electron chi connectivity index (χ4n) is 4.55. The molecule has 4 rings (SSSR count). The summed E-state index contributed by atoms with van der Waals surface area (Å²) in [6, 6.07) is -2.47. The fourth-order valence-corrected chi connectivity index (χ4v) is 5.98. The molecule has 2 aliphatic rings. The number of hydrogen-bond acceptors (Lipinski definition) is 14. The third kappa shape index (κ3) is 6.65. The normalized spacial score (nSPS) is 19.6. The van der Waals surface area contributed by atoms with Crippen LogP contribution in [0.25, 0.3) is 0 Å². The van der Waals surface area contributed by atoms with Crippen LogP contribution in [0.15, 0.2) is 27.5 Å². The molecule has 4 amide bonds. The van der Waals surface area contributed by atoms with Crippen molar-refractivity contribution in [3.8, 4) is 5.75 Å². The van der Waals surface area contributed by atoms with E-state index < -0.39 is 81.9 Å². The number of carboxylic acid groups (broad SMARTS) is 1. The Balaban J connectivity index is 1.49. The van der Waals surface area contributed by atoms with Crippen molar-refractivity contribution in [3.05, 3.63) is 39.3 Å². The van der Waals surface area contributed by atoms with Gasteiger partial charge in [-0.3, -0.25) is 18.9 Å². The largest absolute Gasteiger partial charge is 0.508 e. The van der Waals surface area contributed by atoms with E-state index >= 15 is 0 Å². The Labute approximate surface area is 250 Å². The number of nitrogens with one attached hydrogen (secondary N) is 3. The number of amides is 4. The number of thiazole rings is 1. The van der Waals surface area contributed by atoms with Crippen molar-refractivity contribution in [2.75, 3.05) is 12.3 Å². The number of anilines is 1. The van der Waals surface area contributed by atoms with E-state index in [1.54, 1.807) is 0 Å². The molecule has 2 aromatic heterocycles. The number of aromatic nitrogens is 2. The summed E-state index contributed by atoms with van der Waals surface area (Å²) in [6.07, 6.45) is 1.29. The van der Waals surface area contributed by atoms with Crippen LogP contribution in [0.2, 0.25) is 0 Å². The van der Waals surface area contributed by atoms with E-state index in [9.17, 15) is 52.4 Å². The van der Waals surface area contributed by atoms with Gasteiger partial charge in [0, 0.05) is 36.9 Å². The summed E-state index contributed by atoms with van der Waals surface area (Å²) in [5, 5.41) is 40.7. The van der Waals surface area contributed by atoms with Gasteiger partial charge in [-0.1, -0.05) is 5.16 Å². The number of aromatic hydroxyl groups is 1. The summed E-state index contributed by atoms with van der Waals surface area (Å²) in [5.74, 6) is -4.19.